The third kappa shape index (κ3) is 3.35. The maximum atomic E-state index is 13.3. The summed E-state index contributed by atoms with van der Waals surface area (Å²) in [4.78, 5) is 20.6. The Balaban J connectivity index is 1.48. The van der Waals surface area contributed by atoms with Gasteiger partial charge in [-0.3, -0.25) is 10.1 Å². The molecule has 1 amide bonds. The molecule has 0 radical (unpaired) electrons. The fourth-order valence-corrected chi connectivity index (χ4v) is 3.10. The molecular weight excluding hydrogens is 353 g/mol. The molecule has 0 saturated heterocycles. The first kappa shape index (κ1) is 16.1. The molecule has 6 nitrogen and oxygen atoms in total. The van der Waals surface area contributed by atoms with Gasteiger partial charge in [-0.1, -0.05) is 12.1 Å². The van der Waals surface area contributed by atoms with Crippen molar-refractivity contribution < 1.29 is 9.18 Å². The number of nitrogens with zero attached hydrogens (tertiary/aromatic N) is 4. The standard InChI is InChI=1S/C18H12FN5OS/c19-14-3-1-2-13(8-14)16-9-26-18(22-16)23-17(25)12-4-6-15(7-5-12)24-11-20-10-21-24/h1-11H,(H,22,23,25). The van der Waals surface area contributed by atoms with Crippen molar-refractivity contribution in [2.45, 2.75) is 0 Å². The summed E-state index contributed by atoms with van der Waals surface area (Å²) in [6.45, 7) is 0. The van der Waals surface area contributed by atoms with E-state index in [1.165, 1.54) is 29.8 Å². The van der Waals surface area contributed by atoms with E-state index >= 15 is 0 Å². The van der Waals surface area contributed by atoms with Crippen molar-refractivity contribution in [3.05, 3.63) is 77.9 Å². The lowest BCUT2D eigenvalue weighted by Crippen LogP contribution is -2.11. The molecule has 26 heavy (non-hydrogen) atoms. The maximum Gasteiger partial charge on any atom is 0.257 e. The van der Waals surface area contributed by atoms with Crippen molar-refractivity contribution in [3.8, 4) is 16.9 Å². The van der Waals surface area contributed by atoms with Crippen LogP contribution >= 0.6 is 11.3 Å². The molecule has 0 aliphatic carbocycles. The topological polar surface area (TPSA) is 72.7 Å². The number of thiazole rings is 1. The van der Waals surface area contributed by atoms with Gasteiger partial charge < -0.3 is 0 Å². The number of carbonyl (C=O) groups is 1. The Hall–Kier alpha value is -3.39. The monoisotopic (exact) mass is 365 g/mol. The van der Waals surface area contributed by atoms with Crippen LogP contribution in [0.25, 0.3) is 16.9 Å². The summed E-state index contributed by atoms with van der Waals surface area (Å²) in [5.74, 6) is -0.594. The minimum Gasteiger partial charge on any atom is -0.298 e. The van der Waals surface area contributed by atoms with E-state index in [9.17, 15) is 9.18 Å². The molecule has 2 aromatic heterocycles. The van der Waals surface area contributed by atoms with Crippen LogP contribution in [0.5, 0.6) is 0 Å². The van der Waals surface area contributed by atoms with E-state index in [4.69, 9.17) is 0 Å². The minimum absolute atomic E-state index is 0.268. The average Bonchev–Trinajstić information content (AvgIpc) is 3.34. The zero-order valence-electron chi connectivity index (χ0n) is 13.3. The van der Waals surface area contributed by atoms with Gasteiger partial charge in [-0.15, -0.1) is 11.3 Å². The van der Waals surface area contributed by atoms with Crippen molar-refractivity contribution in [1.82, 2.24) is 19.7 Å². The van der Waals surface area contributed by atoms with Crippen LogP contribution in [0.4, 0.5) is 9.52 Å². The zero-order chi connectivity index (χ0) is 17.9. The Morgan fingerprint density at radius 1 is 1.15 bits per heavy atom. The number of benzene rings is 2. The molecule has 2 heterocycles. The number of hydrogen-bond donors (Lipinski definition) is 1. The van der Waals surface area contributed by atoms with Crippen molar-refractivity contribution in [1.29, 1.82) is 0 Å². The number of nitrogens with one attached hydrogen (secondary N) is 1. The molecule has 0 spiro atoms. The van der Waals surface area contributed by atoms with Crippen LogP contribution in [0.3, 0.4) is 0 Å². The highest BCUT2D eigenvalue weighted by molar-refractivity contribution is 7.14. The van der Waals surface area contributed by atoms with E-state index in [2.05, 4.69) is 20.4 Å². The molecule has 4 rings (SSSR count). The summed E-state index contributed by atoms with van der Waals surface area (Å²) in [6.07, 6.45) is 3.03. The smallest absolute Gasteiger partial charge is 0.257 e. The van der Waals surface area contributed by atoms with Gasteiger partial charge in [0, 0.05) is 16.5 Å². The second-order valence-electron chi connectivity index (χ2n) is 5.39. The Kier molecular flexibility index (Phi) is 4.24. The summed E-state index contributed by atoms with van der Waals surface area (Å²) in [5, 5.41) is 9.02. The number of hydrogen-bond acceptors (Lipinski definition) is 5. The molecule has 4 aromatic rings. The SMILES string of the molecule is O=C(Nc1nc(-c2cccc(F)c2)cs1)c1ccc(-n2cncn2)cc1. The molecular formula is C18H12FN5OS. The number of aromatic nitrogens is 4. The van der Waals surface area contributed by atoms with Crippen molar-refractivity contribution in [3.63, 3.8) is 0 Å². The van der Waals surface area contributed by atoms with Crippen LogP contribution in [0, 0.1) is 5.82 Å². The van der Waals surface area contributed by atoms with E-state index in [0.29, 0.717) is 22.0 Å². The molecule has 8 heteroatoms. The fourth-order valence-electron chi connectivity index (χ4n) is 2.39. The van der Waals surface area contributed by atoms with E-state index < -0.39 is 0 Å². The lowest BCUT2D eigenvalue weighted by molar-refractivity contribution is 0.102. The van der Waals surface area contributed by atoms with Gasteiger partial charge in [-0.25, -0.2) is 19.0 Å². The van der Waals surface area contributed by atoms with E-state index in [0.717, 1.165) is 5.69 Å². The molecule has 0 atom stereocenters. The maximum absolute atomic E-state index is 13.3. The molecule has 0 unspecified atom stereocenters. The Labute approximate surface area is 152 Å². The Morgan fingerprint density at radius 2 is 2.00 bits per heavy atom. The van der Waals surface area contributed by atoms with Crippen LogP contribution in [-0.2, 0) is 0 Å². The van der Waals surface area contributed by atoms with Gasteiger partial charge in [0.25, 0.3) is 5.91 Å². The molecule has 0 bridgehead atoms. The highest BCUT2D eigenvalue weighted by Crippen LogP contribution is 2.25. The highest BCUT2D eigenvalue weighted by Gasteiger charge is 2.11. The van der Waals surface area contributed by atoms with Crippen LogP contribution < -0.4 is 5.32 Å². The Morgan fingerprint density at radius 3 is 2.73 bits per heavy atom. The summed E-state index contributed by atoms with van der Waals surface area (Å²) >= 11 is 1.29. The number of amides is 1. The van der Waals surface area contributed by atoms with Crippen LogP contribution in [0.1, 0.15) is 10.4 Å². The predicted octanol–water partition coefficient (Wildman–Crippen LogP) is 3.78. The third-order valence-electron chi connectivity index (χ3n) is 3.66. The molecule has 2 aromatic carbocycles. The normalized spacial score (nSPS) is 10.7. The molecule has 0 aliphatic rings. The lowest BCUT2D eigenvalue weighted by atomic mass is 10.2. The third-order valence-corrected chi connectivity index (χ3v) is 4.42. The van der Waals surface area contributed by atoms with Gasteiger partial charge >= 0.3 is 0 Å². The summed E-state index contributed by atoms with van der Waals surface area (Å²) in [7, 11) is 0. The van der Waals surface area contributed by atoms with E-state index in [1.807, 2.05) is 0 Å². The van der Waals surface area contributed by atoms with Gasteiger partial charge in [-0.05, 0) is 36.4 Å². The lowest BCUT2D eigenvalue weighted by Gasteiger charge is -2.04. The van der Waals surface area contributed by atoms with Crippen LogP contribution in [0.15, 0.2) is 66.6 Å². The molecule has 0 fully saturated rings. The predicted molar refractivity (Wildman–Crippen MR) is 96.8 cm³/mol. The quantitative estimate of drug-likeness (QED) is 0.597. The number of carbonyl (C=O) groups excluding carboxylic acids is 1. The molecule has 1 N–H and O–H groups in total. The summed E-state index contributed by atoms with van der Waals surface area (Å²) < 4.78 is 14.9. The van der Waals surface area contributed by atoms with Gasteiger partial charge in [0.05, 0.1) is 11.4 Å². The summed E-state index contributed by atoms with van der Waals surface area (Å²) in [5.41, 5.74) is 2.59. The largest absolute Gasteiger partial charge is 0.298 e. The van der Waals surface area contributed by atoms with Gasteiger partial charge in [0.1, 0.15) is 18.5 Å². The molecule has 128 valence electrons. The van der Waals surface area contributed by atoms with Crippen LogP contribution in [0.2, 0.25) is 0 Å². The van der Waals surface area contributed by atoms with Gasteiger partial charge in [0.15, 0.2) is 5.13 Å². The Bertz CT molecular complexity index is 1040. The van der Waals surface area contributed by atoms with E-state index in [1.54, 1.807) is 52.8 Å². The number of rotatable bonds is 4. The van der Waals surface area contributed by atoms with Crippen molar-refractivity contribution >= 4 is 22.4 Å². The van der Waals surface area contributed by atoms with Crippen molar-refractivity contribution in [2.75, 3.05) is 5.32 Å². The highest BCUT2D eigenvalue weighted by atomic mass is 32.1. The van der Waals surface area contributed by atoms with E-state index in [-0.39, 0.29) is 11.7 Å². The van der Waals surface area contributed by atoms with Crippen LogP contribution in [-0.4, -0.2) is 25.7 Å². The second kappa shape index (κ2) is 6.85. The first-order valence-electron chi connectivity index (χ1n) is 7.67. The second-order valence-corrected chi connectivity index (χ2v) is 6.25. The van der Waals surface area contributed by atoms with Gasteiger partial charge in [-0.2, -0.15) is 5.10 Å². The first-order chi connectivity index (χ1) is 12.7. The number of halogens is 1. The average molecular weight is 365 g/mol. The first-order valence-corrected chi connectivity index (χ1v) is 8.55. The fraction of sp³-hybridized carbons (Fsp3) is 0. The number of anilines is 1. The van der Waals surface area contributed by atoms with Gasteiger partial charge in [0.2, 0.25) is 0 Å². The zero-order valence-corrected chi connectivity index (χ0v) is 14.2. The molecule has 0 aliphatic heterocycles. The summed E-state index contributed by atoms with van der Waals surface area (Å²) in [6, 6.07) is 13.1. The molecule has 0 saturated carbocycles. The minimum atomic E-state index is -0.325. The van der Waals surface area contributed by atoms with Crippen molar-refractivity contribution in [2.24, 2.45) is 0 Å².